The van der Waals surface area contributed by atoms with Crippen molar-refractivity contribution in [2.45, 2.75) is 0 Å². The molecule has 0 saturated heterocycles. The predicted octanol–water partition coefficient (Wildman–Crippen LogP) is 4.59. The Bertz CT molecular complexity index is 647. The Hall–Kier alpha value is -1.23. The first kappa shape index (κ1) is 14.2. The molecule has 6 heteroatoms. The van der Waals surface area contributed by atoms with Crippen LogP contribution < -0.4 is 11.1 Å². The molecular weight excluding hydrogens is 351 g/mol. The molecule has 0 radical (unpaired) electrons. The van der Waals surface area contributed by atoms with E-state index < -0.39 is 0 Å². The van der Waals surface area contributed by atoms with Crippen molar-refractivity contribution in [1.29, 1.82) is 0 Å². The summed E-state index contributed by atoms with van der Waals surface area (Å²) in [6.07, 6.45) is 0. The van der Waals surface area contributed by atoms with Crippen molar-refractivity contribution in [1.82, 2.24) is 0 Å². The maximum atomic E-state index is 12.1. The van der Waals surface area contributed by atoms with Gasteiger partial charge >= 0.3 is 0 Å². The lowest BCUT2D eigenvalue weighted by Crippen LogP contribution is -2.14. The Labute approximate surface area is 128 Å². The van der Waals surface area contributed by atoms with Gasteiger partial charge < -0.3 is 11.1 Å². The minimum absolute atomic E-state index is 0.325. The van der Waals surface area contributed by atoms with Gasteiger partial charge in [-0.25, -0.2) is 0 Å². The summed E-state index contributed by atoms with van der Waals surface area (Å²) in [5, 5.41) is 3.57. The van der Waals surface area contributed by atoms with Crippen LogP contribution in [0.1, 0.15) is 10.4 Å². The number of hydrogen-bond acceptors (Lipinski definition) is 2. The Morgan fingerprint density at radius 3 is 2.53 bits per heavy atom. The van der Waals surface area contributed by atoms with Crippen LogP contribution in [0.2, 0.25) is 10.0 Å². The van der Waals surface area contributed by atoms with Crippen LogP contribution in [0, 0.1) is 0 Å². The third-order valence-corrected chi connectivity index (χ3v) is 3.48. The second kappa shape index (κ2) is 5.82. The Kier molecular flexibility index (Phi) is 4.34. The molecule has 19 heavy (non-hydrogen) atoms. The number of nitrogens with one attached hydrogen (secondary N) is 1. The number of amides is 1. The average molecular weight is 360 g/mol. The molecule has 0 aliphatic heterocycles. The molecule has 2 aromatic rings. The molecule has 3 N–H and O–H groups in total. The van der Waals surface area contributed by atoms with E-state index in [4.69, 9.17) is 28.9 Å². The van der Waals surface area contributed by atoms with Crippen molar-refractivity contribution in [3.63, 3.8) is 0 Å². The number of hydrogen-bond donors (Lipinski definition) is 2. The molecule has 0 aliphatic rings. The second-order valence-corrected chi connectivity index (χ2v) is 5.57. The van der Waals surface area contributed by atoms with E-state index in [-0.39, 0.29) is 5.91 Å². The van der Waals surface area contributed by atoms with Crippen molar-refractivity contribution < 1.29 is 4.79 Å². The van der Waals surface area contributed by atoms with E-state index in [1.54, 1.807) is 36.4 Å². The smallest absolute Gasteiger partial charge is 0.257 e. The number of nitrogens with two attached hydrogens (primary N) is 1. The number of carbonyl (C=O) groups is 1. The van der Waals surface area contributed by atoms with Crippen molar-refractivity contribution in [2.24, 2.45) is 0 Å². The molecular formula is C13H9BrCl2N2O. The van der Waals surface area contributed by atoms with Gasteiger partial charge in [0, 0.05) is 15.2 Å². The van der Waals surface area contributed by atoms with Gasteiger partial charge in [-0.05, 0) is 36.4 Å². The summed E-state index contributed by atoms with van der Waals surface area (Å²) in [6.45, 7) is 0. The number of anilines is 2. The predicted molar refractivity (Wildman–Crippen MR) is 83.0 cm³/mol. The summed E-state index contributed by atoms with van der Waals surface area (Å²) in [6, 6.07) is 9.89. The van der Waals surface area contributed by atoms with E-state index in [1.165, 1.54) is 0 Å². The fraction of sp³-hybridized carbons (Fsp3) is 0. The first-order valence-corrected chi connectivity index (χ1v) is 6.83. The first-order valence-electron chi connectivity index (χ1n) is 5.29. The standard InChI is InChI=1S/C13H9BrCl2N2O/c14-7-1-3-9(11(17)5-7)13(19)18-12-4-2-8(15)6-10(12)16/h1-6H,17H2,(H,18,19). The van der Waals surface area contributed by atoms with E-state index in [1.807, 2.05) is 0 Å². The van der Waals surface area contributed by atoms with Crippen LogP contribution in [0.5, 0.6) is 0 Å². The number of halogens is 3. The zero-order valence-electron chi connectivity index (χ0n) is 9.58. The molecule has 0 atom stereocenters. The fourth-order valence-corrected chi connectivity index (χ4v) is 2.36. The minimum Gasteiger partial charge on any atom is -0.398 e. The van der Waals surface area contributed by atoms with Crippen LogP contribution in [-0.2, 0) is 0 Å². The van der Waals surface area contributed by atoms with Gasteiger partial charge in [0.2, 0.25) is 0 Å². The van der Waals surface area contributed by atoms with Gasteiger partial charge in [-0.1, -0.05) is 39.1 Å². The van der Waals surface area contributed by atoms with Crippen LogP contribution in [-0.4, -0.2) is 5.91 Å². The van der Waals surface area contributed by atoms with Gasteiger partial charge in [-0.15, -0.1) is 0 Å². The Morgan fingerprint density at radius 2 is 1.89 bits per heavy atom. The fourth-order valence-electron chi connectivity index (χ4n) is 1.52. The second-order valence-electron chi connectivity index (χ2n) is 3.81. The van der Waals surface area contributed by atoms with Gasteiger partial charge in [-0.3, -0.25) is 4.79 Å². The lowest BCUT2D eigenvalue weighted by molar-refractivity contribution is 0.102. The van der Waals surface area contributed by atoms with E-state index in [2.05, 4.69) is 21.2 Å². The molecule has 0 fully saturated rings. The number of carbonyl (C=O) groups excluding carboxylic acids is 1. The maximum absolute atomic E-state index is 12.1. The molecule has 2 rings (SSSR count). The number of benzene rings is 2. The monoisotopic (exact) mass is 358 g/mol. The van der Waals surface area contributed by atoms with Crippen LogP contribution in [0.4, 0.5) is 11.4 Å². The highest BCUT2D eigenvalue weighted by atomic mass is 79.9. The van der Waals surface area contributed by atoms with Gasteiger partial charge in [0.1, 0.15) is 0 Å². The number of rotatable bonds is 2. The topological polar surface area (TPSA) is 55.1 Å². The van der Waals surface area contributed by atoms with Crippen LogP contribution in [0.25, 0.3) is 0 Å². The molecule has 2 aromatic carbocycles. The third kappa shape index (κ3) is 3.41. The zero-order valence-corrected chi connectivity index (χ0v) is 12.7. The van der Waals surface area contributed by atoms with Crippen LogP contribution in [0.15, 0.2) is 40.9 Å². The molecule has 0 spiro atoms. The van der Waals surface area contributed by atoms with Crippen molar-refractivity contribution >= 4 is 56.4 Å². The van der Waals surface area contributed by atoms with Crippen LogP contribution in [0.3, 0.4) is 0 Å². The lowest BCUT2D eigenvalue weighted by atomic mass is 10.1. The summed E-state index contributed by atoms with van der Waals surface area (Å²) in [4.78, 5) is 12.1. The zero-order chi connectivity index (χ0) is 14.0. The van der Waals surface area contributed by atoms with E-state index in [9.17, 15) is 4.79 Å². The van der Waals surface area contributed by atoms with Gasteiger partial charge in [0.05, 0.1) is 16.3 Å². The minimum atomic E-state index is -0.325. The molecule has 0 saturated carbocycles. The number of nitrogen functional groups attached to an aromatic ring is 1. The summed E-state index contributed by atoms with van der Waals surface area (Å²) in [5.41, 5.74) is 7.05. The molecule has 1 amide bonds. The SMILES string of the molecule is Nc1cc(Br)ccc1C(=O)Nc1ccc(Cl)cc1Cl. The molecule has 0 aromatic heterocycles. The van der Waals surface area contributed by atoms with Gasteiger partial charge in [0.15, 0.2) is 0 Å². The highest BCUT2D eigenvalue weighted by molar-refractivity contribution is 9.10. The van der Waals surface area contributed by atoms with Crippen LogP contribution >= 0.6 is 39.1 Å². The Morgan fingerprint density at radius 1 is 1.16 bits per heavy atom. The average Bonchev–Trinajstić information content (AvgIpc) is 2.32. The molecule has 0 heterocycles. The Balaban J connectivity index is 2.25. The molecule has 3 nitrogen and oxygen atoms in total. The third-order valence-electron chi connectivity index (χ3n) is 2.44. The highest BCUT2D eigenvalue weighted by Crippen LogP contribution is 2.26. The maximum Gasteiger partial charge on any atom is 0.257 e. The normalized spacial score (nSPS) is 10.3. The first-order chi connectivity index (χ1) is 8.97. The summed E-state index contributed by atoms with van der Waals surface area (Å²) >= 11 is 15.1. The molecule has 98 valence electrons. The van der Waals surface area contributed by atoms with Crippen molar-refractivity contribution in [3.8, 4) is 0 Å². The summed E-state index contributed by atoms with van der Waals surface area (Å²) < 4.78 is 0.811. The molecule has 0 aliphatic carbocycles. The largest absolute Gasteiger partial charge is 0.398 e. The van der Waals surface area contributed by atoms with E-state index >= 15 is 0 Å². The van der Waals surface area contributed by atoms with Crippen molar-refractivity contribution in [2.75, 3.05) is 11.1 Å². The lowest BCUT2D eigenvalue weighted by Gasteiger charge is -2.09. The quantitative estimate of drug-likeness (QED) is 0.770. The summed E-state index contributed by atoms with van der Waals surface area (Å²) in [5.74, 6) is -0.325. The molecule has 0 bridgehead atoms. The van der Waals surface area contributed by atoms with Gasteiger partial charge in [0.25, 0.3) is 5.91 Å². The summed E-state index contributed by atoms with van der Waals surface area (Å²) in [7, 11) is 0. The van der Waals surface area contributed by atoms with E-state index in [0.717, 1.165) is 4.47 Å². The van der Waals surface area contributed by atoms with E-state index in [0.29, 0.717) is 27.0 Å². The molecule has 0 unspecified atom stereocenters. The highest BCUT2D eigenvalue weighted by Gasteiger charge is 2.12. The van der Waals surface area contributed by atoms with Crippen molar-refractivity contribution in [3.05, 3.63) is 56.5 Å². The van der Waals surface area contributed by atoms with Gasteiger partial charge in [-0.2, -0.15) is 0 Å².